The molecule has 2 aliphatic heterocycles. The van der Waals surface area contributed by atoms with Crippen LogP contribution in [-0.2, 0) is 6.54 Å². The maximum atomic E-state index is 6.57. The van der Waals surface area contributed by atoms with Gasteiger partial charge in [0.15, 0.2) is 12.3 Å². The summed E-state index contributed by atoms with van der Waals surface area (Å²) in [6, 6.07) is 21.7. The van der Waals surface area contributed by atoms with E-state index in [4.69, 9.17) is 4.42 Å². The Bertz CT molecular complexity index is 1720. The second-order valence-corrected chi connectivity index (χ2v) is 10.4. The van der Waals surface area contributed by atoms with Gasteiger partial charge in [-0.3, -0.25) is 0 Å². The Kier molecular flexibility index (Phi) is 5.70. The number of nitrogens with zero attached hydrogens (tertiary/aromatic N) is 1. The van der Waals surface area contributed by atoms with Gasteiger partial charge in [-0.15, -0.1) is 0 Å². The van der Waals surface area contributed by atoms with Gasteiger partial charge in [-0.25, -0.2) is 4.99 Å². The highest BCUT2D eigenvalue weighted by molar-refractivity contribution is 6.09. The van der Waals surface area contributed by atoms with E-state index in [1.807, 2.05) is 6.07 Å². The van der Waals surface area contributed by atoms with E-state index < -0.39 is 0 Å². The van der Waals surface area contributed by atoms with Gasteiger partial charge < -0.3 is 9.32 Å². The number of nitrogens with one attached hydrogen (secondary N) is 1. The maximum Gasteiger partial charge on any atom is 0.199 e. The molecule has 0 saturated heterocycles. The number of fused-ring (bicyclic) bond motifs is 3. The number of hydrogen-bond acceptors (Lipinski definition) is 2. The molecule has 3 heteroatoms. The van der Waals surface area contributed by atoms with Crippen molar-refractivity contribution in [2.75, 3.05) is 6.54 Å². The van der Waals surface area contributed by atoms with Crippen LogP contribution in [-0.4, -0.2) is 17.7 Å². The van der Waals surface area contributed by atoms with E-state index in [9.17, 15) is 0 Å². The Balaban J connectivity index is 1.34. The van der Waals surface area contributed by atoms with E-state index in [0.29, 0.717) is 0 Å². The highest BCUT2D eigenvalue weighted by atomic mass is 16.3. The highest BCUT2D eigenvalue weighted by Crippen LogP contribution is 2.37. The van der Waals surface area contributed by atoms with Gasteiger partial charge >= 0.3 is 0 Å². The molecule has 0 amide bonds. The Morgan fingerprint density at radius 2 is 1.79 bits per heavy atom. The van der Waals surface area contributed by atoms with Crippen molar-refractivity contribution in [2.45, 2.75) is 32.4 Å². The van der Waals surface area contributed by atoms with Gasteiger partial charge in [-0.05, 0) is 48.6 Å². The zero-order chi connectivity index (χ0) is 25.5. The van der Waals surface area contributed by atoms with E-state index in [-0.39, 0.29) is 6.04 Å². The number of para-hydroxylation sites is 1. The first-order valence-corrected chi connectivity index (χ1v) is 13.5. The fraction of sp³-hybridized carbons (Fsp3) is 0.171. The van der Waals surface area contributed by atoms with Gasteiger partial charge in [-0.2, -0.15) is 0 Å². The summed E-state index contributed by atoms with van der Waals surface area (Å²) in [5.41, 5.74) is 10.9. The zero-order valence-electron chi connectivity index (χ0n) is 21.7. The lowest BCUT2D eigenvalue weighted by molar-refractivity contribution is -0.485. The largest absolute Gasteiger partial charge is 0.455 e. The SMILES string of the molecule is Cc1ccc(C2=CC(c3c(CN4CC=CC=C4C4=CC=CCC4)ccc4c3oc3ccccc34)[NH+]=C2)cc1. The van der Waals surface area contributed by atoms with E-state index in [0.717, 1.165) is 37.1 Å². The Labute approximate surface area is 223 Å². The molecule has 7 rings (SSSR count). The van der Waals surface area contributed by atoms with Crippen LogP contribution in [0.4, 0.5) is 0 Å². The summed E-state index contributed by atoms with van der Waals surface area (Å²) in [5, 5.41) is 2.34. The Morgan fingerprint density at radius 3 is 2.66 bits per heavy atom. The third-order valence-corrected chi connectivity index (χ3v) is 7.90. The molecule has 0 bridgehead atoms. The summed E-state index contributed by atoms with van der Waals surface area (Å²) in [6.07, 6.45) is 20.1. The fourth-order valence-corrected chi connectivity index (χ4v) is 5.91. The van der Waals surface area contributed by atoms with Crippen LogP contribution in [0.2, 0.25) is 0 Å². The van der Waals surface area contributed by atoms with E-state index >= 15 is 0 Å². The minimum absolute atomic E-state index is 0.0372. The molecular formula is C35H31N2O+. The van der Waals surface area contributed by atoms with Crippen molar-refractivity contribution in [1.29, 1.82) is 0 Å². The van der Waals surface area contributed by atoms with Crippen LogP contribution in [0, 0.1) is 6.92 Å². The molecule has 0 radical (unpaired) electrons. The molecule has 3 aromatic carbocycles. The summed E-state index contributed by atoms with van der Waals surface area (Å²) in [4.78, 5) is 6.18. The van der Waals surface area contributed by atoms with Crippen LogP contribution in [0.3, 0.4) is 0 Å². The van der Waals surface area contributed by atoms with Gasteiger partial charge in [0, 0.05) is 41.2 Å². The molecule has 1 atom stereocenters. The van der Waals surface area contributed by atoms with Crippen molar-refractivity contribution in [3.63, 3.8) is 0 Å². The molecule has 3 aliphatic rings. The Morgan fingerprint density at radius 1 is 0.921 bits per heavy atom. The molecule has 1 N–H and O–H groups in total. The average Bonchev–Trinajstić information content (AvgIpc) is 3.59. The number of aryl methyl sites for hydroxylation is 1. The van der Waals surface area contributed by atoms with Crippen molar-refractivity contribution in [3.8, 4) is 0 Å². The van der Waals surface area contributed by atoms with Gasteiger partial charge in [0.2, 0.25) is 0 Å². The molecule has 3 heterocycles. The predicted octanol–water partition coefficient (Wildman–Crippen LogP) is 6.72. The molecule has 186 valence electrons. The van der Waals surface area contributed by atoms with Crippen molar-refractivity contribution < 1.29 is 9.41 Å². The second-order valence-electron chi connectivity index (χ2n) is 10.4. The highest BCUT2D eigenvalue weighted by Gasteiger charge is 2.29. The quantitative estimate of drug-likeness (QED) is 0.333. The first-order valence-electron chi connectivity index (χ1n) is 13.5. The summed E-state index contributed by atoms with van der Waals surface area (Å²) < 4.78 is 6.57. The van der Waals surface area contributed by atoms with E-state index in [1.165, 1.54) is 49.9 Å². The first-order chi connectivity index (χ1) is 18.7. The molecular weight excluding hydrogens is 464 g/mol. The smallest absolute Gasteiger partial charge is 0.199 e. The molecule has 1 aromatic heterocycles. The number of benzene rings is 3. The lowest BCUT2D eigenvalue weighted by Crippen LogP contribution is -2.68. The molecule has 1 unspecified atom stereocenters. The zero-order valence-corrected chi connectivity index (χ0v) is 21.7. The van der Waals surface area contributed by atoms with E-state index in [1.54, 1.807) is 0 Å². The summed E-state index contributed by atoms with van der Waals surface area (Å²) in [6.45, 7) is 3.86. The molecule has 0 fully saturated rings. The van der Waals surface area contributed by atoms with Crippen LogP contribution >= 0.6 is 0 Å². The normalized spacial score (nSPS) is 18.8. The lowest BCUT2D eigenvalue weighted by Gasteiger charge is -2.31. The number of furan rings is 1. The van der Waals surface area contributed by atoms with Crippen molar-refractivity contribution in [2.24, 2.45) is 0 Å². The standard InChI is InChI=1S/C35H30N2O/c1-24-14-16-25(17-15-24)28-21-31(36-22-28)34-27(18-19-30-29-11-5-6-13-33(29)38-35(30)34)23-37-20-8-7-12-32(37)26-9-3-2-4-10-26/h2-3,5-9,11-19,21-22,31H,4,10,20,23H2,1H3/p+1. The lowest BCUT2D eigenvalue weighted by atomic mass is 9.94. The fourth-order valence-electron chi connectivity index (χ4n) is 5.91. The minimum atomic E-state index is 0.0372. The van der Waals surface area contributed by atoms with Gasteiger partial charge in [0.1, 0.15) is 11.2 Å². The summed E-state index contributed by atoms with van der Waals surface area (Å²) >= 11 is 0. The van der Waals surface area contributed by atoms with Crippen molar-refractivity contribution >= 4 is 33.7 Å². The van der Waals surface area contributed by atoms with Crippen LogP contribution in [0.1, 0.15) is 41.1 Å². The van der Waals surface area contributed by atoms with Gasteiger partial charge in [-0.1, -0.05) is 90.5 Å². The molecule has 4 aromatic rings. The molecule has 0 saturated carbocycles. The van der Waals surface area contributed by atoms with Crippen LogP contribution in [0.15, 0.2) is 119 Å². The Hall–Kier alpha value is -4.37. The van der Waals surface area contributed by atoms with Crippen LogP contribution in [0.5, 0.6) is 0 Å². The topological polar surface area (TPSA) is 30.4 Å². The van der Waals surface area contributed by atoms with Crippen molar-refractivity contribution in [3.05, 3.63) is 137 Å². The molecule has 3 nitrogen and oxygen atoms in total. The molecule has 0 spiro atoms. The van der Waals surface area contributed by atoms with Crippen LogP contribution in [0.25, 0.3) is 27.5 Å². The van der Waals surface area contributed by atoms with Crippen LogP contribution < -0.4 is 4.99 Å². The maximum absolute atomic E-state index is 6.57. The number of allylic oxidation sites excluding steroid dienone is 7. The van der Waals surface area contributed by atoms with Gasteiger partial charge in [0.05, 0.1) is 5.56 Å². The predicted molar refractivity (Wildman–Crippen MR) is 157 cm³/mol. The third kappa shape index (κ3) is 4.05. The summed E-state index contributed by atoms with van der Waals surface area (Å²) in [7, 11) is 0. The number of hydrogen-bond donors (Lipinski definition) is 1. The molecule has 38 heavy (non-hydrogen) atoms. The third-order valence-electron chi connectivity index (χ3n) is 7.90. The molecule has 1 aliphatic carbocycles. The van der Waals surface area contributed by atoms with E-state index in [2.05, 4.69) is 120 Å². The van der Waals surface area contributed by atoms with Crippen molar-refractivity contribution in [1.82, 2.24) is 4.90 Å². The minimum Gasteiger partial charge on any atom is -0.455 e. The average molecular weight is 496 g/mol. The monoisotopic (exact) mass is 495 g/mol. The first kappa shape index (κ1) is 22.8. The number of rotatable bonds is 5. The summed E-state index contributed by atoms with van der Waals surface area (Å²) in [5.74, 6) is 0. The van der Waals surface area contributed by atoms with Gasteiger partial charge in [0.25, 0.3) is 0 Å². The second kappa shape index (κ2) is 9.50.